The monoisotopic (exact) mass is 255 g/mol. The fourth-order valence-electron chi connectivity index (χ4n) is 1.71. The molecule has 0 aromatic heterocycles. The molecule has 18 heavy (non-hydrogen) atoms. The minimum absolute atomic E-state index is 0.212. The predicted octanol–water partition coefficient (Wildman–Crippen LogP) is 2.91. The molecule has 4 heteroatoms. The molecule has 4 nitrogen and oxygen atoms in total. The van der Waals surface area contributed by atoms with Gasteiger partial charge in [-0.15, -0.1) is 0 Å². The SMILES string of the molecule is CC(C)(CNC(=O)OC(C)(C)C)CC(=O)C1CC1. The van der Waals surface area contributed by atoms with Gasteiger partial charge in [-0.05, 0) is 39.0 Å². The average Bonchev–Trinajstić information content (AvgIpc) is 2.94. The van der Waals surface area contributed by atoms with Gasteiger partial charge in [-0.25, -0.2) is 4.79 Å². The number of carbonyl (C=O) groups is 2. The van der Waals surface area contributed by atoms with Crippen molar-refractivity contribution in [2.24, 2.45) is 11.3 Å². The lowest BCUT2D eigenvalue weighted by Crippen LogP contribution is -2.38. The standard InChI is InChI=1S/C14H25NO3/c1-13(2,3)18-12(17)15-9-14(4,5)8-11(16)10-6-7-10/h10H,6-9H2,1-5H3,(H,15,17). The highest BCUT2D eigenvalue weighted by Crippen LogP contribution is 2.34. The van der Waals surface area contributed by atoms with Gasteiger partial charge in [0.25, 0.3) is 0 Å². The Labute approximate surface area is 109 Å². The minimum Gasteiger partial charge on any atom is -0.444 e. The van der Waals surface area contributed by atoms with Crippen molar-refractivity contribution in [1.82, 2.24) is 5.32 Å². The van der Waals surface area contributed by atoms with E-state index < -0.39 is 11.7 Å². The minimum atomic E-state index is -0.488. The van der Waals surface area contributed by atoms with Crippen LogP contribution in [0.1, 0.15) is 53.9 Å². The number of Topliss-reactive ketones (excluding diaryl/α,β-unsaturated/α-hetero) is 1. The quantitative estimate of drug-likeness (QED) is 0.821. The molecular weight excluding hydrogens is 230 g/mol. The highest BCUT2D eigenvalue weighted by molar-refractivity contribution is 5.83. The number of ketones is 1. The molecule has 0 unspecified atom stereocenters. The van der Waals surface area contributed by atoms with Crippen molar-refractivity contribution in [2.45, 2.75) is 59.5 Å². The Kier molecular flexibility index (Phi) is 4.41. The molecule has 0 saturated heterocycles. The summed E-state index contributed by atoms with van der Waals surface area (Å²) in [4.78, 5) is 23.3. The molecule has 0 spiro atoms. The average molecular weight is 255 g/mol. The Hall–Kier alpha value is -1.06. The van der Waals surface area contributed by atoms with Crippen LogP contribution in [0.3, 0.4) is 0 Å². The zero-order chi connectivity index (χ0) is 14.0. The van der Waals surface area contributed by atoms with Crippen LogP contribution in [0.15, 0.2) is 0 Å². The molecule has 104 valence electrons. The number of hydrogen-bond acceptors (Lipinski definition) is 3. The molecule has 0 radical (unpaired) electrons. The van der Waals surface area contributed by atoms with Gasteiger partial charge < -0.3 is 10.1 Å². The van der Waals surface area contributed by atoms with Gasteiger partial charge in [-0.1, -0.05) is 13.8 Å². The zero-order valence-corrected chi connectivity index (χ0v) is 12.1. The molecule has 1 saturated carbocycles. The second kappa shape index (κ2) is 5.29. The van der Waals surface area contributed by atoms with Crippen LogP contribution < -0.4 is 5.32 Å². The maximum absolute atomic E-state index is 11.8. The Bertz CT molecular complexity index is 324. The van der Waals surface area contributed by atoms with Gasteiger partial charge in [-0.3, -0.25) is 4.79 Å². The van der Waals surface area contributed by atoms with E-state index in [1.54, 1.807) is 0 Å². The summed E-state index contributed by atoms with van der Waals surface area (Å²) in [5.74, 6) is 0.608. The Morgan fingerprint density at radius 1 is 1.17 bits per heavy atom. The van der Waals surface area contributed by atoms with Crippen LogP contribution >= 0.6 is 0 Å². The van der Waals surface area contributed by atoms with Crippen molar-refractivity contribution in [1.29, 1.82) is 0 Å². The first kappa shape index (κ1) is 15.0. The van der Waals surface area contributed by atoms with Crippen molar-refractivity contribution < 1.29 is 14.3 Å². The number of hydrogen-bond donors (Lipinski definition) is 1. The molecule has 0 aliphatic heterocycles. The van der Waals surface area contributed by atoms with Crippen LogP contribution in [0.2, 0.25) is 0 Å². The van der Waals surface area contributed by atoms with E-state index in [9.17, 15) is 9.59 Å². The summed E-state index contributed by atoms with van der Waals surface area (Å²) in [6.07, 6.45) is 2.17. The second-order valence-corrected chi connectivity index (χ2v) is 6.94. The molecular formula is C14H25NO3. The van der Waals surface area contributed by atoms with E-state index in [4.69, 9.17) is 4.74 Å². The van der Waals surface area contributed by atoms with E-state index >= 15 is 0 Å². The van der Waals surface area contributed by atoms with Crippen LogP contribution in [-0.2, 0) is 9.53 Å². The van der Waals surface area contributed by atoms with Gasteiger partial charge in [0, 0.05) is 18.9 Å². The second-order valence-electron chi connectivity index (χ2n) is 6.94. The van der Waals surface area contributed by atoms with Crippen molar-refractivity contribution in [3.05, 3.63) is 0 Å². The van der Waals surface area contributed by atoms with Crippen molar-refractivity contribution in [3.8, 4) is 0 Å². The number of rotatable bonds is 5. The third-order valence-corrected chi connectivity index (χ3v) is 2.80. The van der Waals surface area contributed by atoms with Gasteiger partial charge >= 0.3 is 6.09 Å². The topological polar surface area (TPSA) is 55.4 Å². The van der Waals surface area contributed by atoms with Crippen LogP contribution in [0.4, 0.5) is 4.79 Å². The van der Waals surface area contributed by atoms with Gasteiger partial charge in [0.15, 0.2) is 0 Å². The van der Waals surface area contributed by atoms with E-state index in [0.717, 1.165) is 12.8 Å². The molecule has 0 aromatic rings. The number of ether oxygens (including phenoxy) is 1. The number of carbonyl (C=O) groups excluding carboxylic acids is 2. The predicted molar refractivity (Wildman–Crippen MR) is 70.4 cm³/mol. The fraction of sp³-hybridized carbons (Fsp3) is 0.857. The van der Waals surface area contributed by atoms with Crippen LogP contribution in [0.25, 0.3) is 0 Å². The Morgan fingerprint density at radius 2 is 1.72 bits per heavy atom. The largest absolute Gasteiger partial charge is 0.444 e. The van der Waals surface area contributed by atoms with Crippen LogP contribution in [-0.4, -0.2) is 24.0 Å². The fourth-order valence-corrected chi connectivity index (χ4v) is 1.71. The summed E-state index contributed by atoms with van der Waals surface area (Å²) in [7, 11) is 0. The summed E-state index contributed by atoms with van der Waals surface area (Å²) < 4.78 is 5.16. The van der Waals surface area contributed by atoms with E-state index in [0.29, 0.717) is 18.7 Å². The number of alkyl carbamates (subject to hydrolysis) is 1. The molecule has 0 aromatic carbocycles. The van der Waals surface area contributed by atoms with E-state index in [1.807, 2.05) is 34.6 Å². The van der Waals surface area contributed by atoms with E-state index in [2.05, 4.69) is 5.32 Å². The first-order valence-corrected chi connectivity index (χ1v) is 6.59. The van der Waals surface area contributed by atoms with Crippen LogP contribution in [0, 0.1) is 11.3 Å². The van der Waals surface area contributed by atoms with Gasteiger partial charge in [0.05, 0.1) is 0 Å². The highest BCUT2D eigenvalue weighted by Gasteiger charge is 2.33. The lowest BCUT2D eigenvalue weighted by Gasteiger charge is -2.26. The van der Waals surface area contributed by atoms with Gasteiger partial charge in [-0.2, -0.15) is 0 Å². The summed E-state index contributed by atoms with van der Waals surface area (Å²) >= 11 is 0. The molecule has 1 amide bonds. The first-order valence-electron chi connectivity index (χ1n) is 6.59. The highest BCUT2D eigenvalue weighted by atomic mass is 16.6. The van der Waals surface area contributed by atoms with E-state index in [-0.39, 0.29) is 11.3 Å². The van der Waals surface area contributed by atoms with E-state index in [1.165, 1.54) is 0 Å². The maximum atomic E-state index is 11.8. The number of nitrogens with one attached hydrogen (secondary N) is 1. The molecule has 0 bridgehead atoms. The molecule has 1 aliphatic rings. The molecule has 0 atom stereocenters. The Balaban J connectivity index is 2.31. The summed E-state index contributed by atoms with van der Waals surface area (Å²) in [5, 5.41) is 2.73. The third kappa shape index (κ3) is 6.03. The Morgan fingerprint density at radius 3 is 2.17 bits per heavy atom. The number of amides is 1. The molecule has 1 rings (SSSR count). The van der Waals surface area contributed by atoms with Crippen LogP contribution in [0.5, 0.6) is 0 Å². The normalized spacial score (nSPS) is 16.3. The zero-order valence-electron chi connectivity index (χ0n) is 12.1. The van der Waals surface area contributed by atoms with Gasteiger partial charge in [0.2, 0.25) is 0 Å². The first-order chi connectivity index (χ1) is 8.09. The molecule has 0 heterocycles. The molecule has 1 aliphatic carbocycles. The summed E-state index contributed by atoms with van der Waals surface area (Å²) in [6.45, 7) is 9.92. The summed E-state index contributed by atoms with van der Waals surface area (Å²) in [6, 6.07) is 0. The van der Waals surface area contributed by atoms with Crippen molar-refractivity contribution >= 4 is 11.9 Å². The molecule has 1 N–H and O–H groups in total. The third-order valence-electron chi connectivity index (χ3n) is 2.80. The van der Waals surface area contributed by atoms with Crippen molar-refractivity contribution in [2.75, 3.05) is 6.54 Å². The lowest BCUT2D eigenvalue weighted by atomic mass is 9.86. The smallest absolute Gasteiger partial charge is 0.407 e. The van der Waals surface area contributed by atoms with Crippen molar-refractivity contribution in [3.63, 3.8) is 0 Å². The lowest BCUT2D eigenvalue weighted by molar-refractivity contribution is -0.122. The summed E-state index contributed by atoms with van der Waals surface area (Å²) in [5.41, 5.74) is -0.700. The maximum Gasteiger partial charge on any atom is 0.407 e. The molecule has 1 fully saturated rings. The van der Waals surface area contributed by atoms with Gasteiger partial charge in [0.1, 0.15) is 11.4 Å².